The maximum absolute atomic E-state index is 5.51. The van der Waals surface area contributed by atoms with E-state index in [1.165, 1.54) is 148 Å². The molecule has 0 fully saturated rings. The Kier molecular flexibility index (Phi) is 23.0. The van der Waals surface area contributed by atoms with Crippen LogP contribution in [0.15, 0.2) is 8.42 Å². The fourth-order valence-corrected chi connectivity index (χ4v) is 10.2. The summed E-state index contributed by atoms with van der Waals surface area (Å²) < 4.78 is 4.13. The van der Waals surface area contributed by atoms with E-state index < -0.39 is 0 Å². The van der Waals surface area contributed by atoms with Gasteiger partial charge in [-0.2, -0.15) is 0 Å². The smallest absolute Gasteiger partial charge is 0.113 e. The molecule has 0 aliphatic heterocycles. The average Bonchev–Trinajstić information content (AvgIpc) is 3.15. The summed E-state index contributed by atoms with van der Waals surface area (Å²) in [5.41, 5.74) is 0. The van der Waals surface area contributed by atoms with Gasteiger partial charge in [0.2, 0.25) is 0 Å². The van der Waals surface area contributed by atoms with E-state index >= 15 is 0 Å². The highest BCUT2D eigenvalue weighted by Crippen LogP contribution is 2.41. The second-order valence-electron chi connectivity index (χ2n) is 9.09. The summed E-state index contributed by atoms with van der Waals surface area (Å²) in [6.45, 7) is 4.59. The van der Waals surface area contributed by atoms with E-state index in [4.69, 9.17) is 12.2 Å². The van der Waals surface area contributed by atoms with Gasteiger partial charge < -0.3 is 0 Å². The lowest BCUT2D eigenvalue weighted by atomic mass is 10.1. The zero-order valence-corrected chi connectivity index (χ0v) is 25.2. The van der Waals surface area contributed by atoms with Crippen LogP contribution in [0.5, 0.6) is 0 Å². The standard InChI is InChI=1S/C27H50S5/c1-3-5-7-9-11-13-15-17-19-21-23-29-25-26(32-27(28)31-25)30-24-22-20-18-16-14-12-10-8-6-4-2/h3-24H2,1-2H3. The molecule has 188 valence electrons. The van der Waals surface area contributed by atoms with Crippen molar-refractivity contribution >= 4 is 58.4 Å². The monoisotopic (exact) mass is 534 g/mol. The van der Waals surface area contributed by atoms with E-state index in [9.17, 15) is 0 Å². The van der Waals surface area contributed by atoms with Gasteiger partial charge >= 0.3 is 0 Å². The number of unbranched alkanes of at least 4 members (excludes halogenated alkanes) is 18. The van der Waals surface area contributed by atoms with Crippen LogP contribution >= 0.6 is 58.4 Å². The van der Waals surface area contributed by atoms with Gasteiger partial charge in [-0.1, -0.05) is 142 Å². The summed E-state index contributed by atoms with van der Waals surface area (Å²) in [5, 5.41) is 0. The highest BCUT2D eigenvalue weighted by atomic mass is 32.2. The van der Waals surface area contributed by atoms with Crippen molar-refractivity contribution in [3.05, 3.63) is 3.14 Å². The van der Waals surface area contributed by atoms with Gasteiger partial charge in [-0.3, -0.25) is 0 Å². The molecular formula is C27H50S5. The van der Waals surface area contributed by atoms with Crippen LogP contribution in [0.4, 0.5) is 0 Å². The van der Waals surface area contributed by atoms with E-state index in [0.29, 0.717) is 0 Å². The van der Waals surface area contributed by atoms with Crippen molar-refractivity contribution in [1.29, 1.82) is 0 Å². The van der Waals surface area contributed by atoms with Crippen molar-refractivity contribution in [2.75, 3.05) is 11.5 Å². The van der Waals surface area contributed by atoms with Crippen LogP contribution in [0.2, 0.25) is 0 Å². The first-order chi connectivity index (χ1) is 15.8. The Morgan fingerprint density at radius 3 is 1.06 bits per heavy atom. The third-order valence-electron chi connectivity index (χ3n) is 5.98. The maximum Gasteiger partial charge on any atom is 0.145 e. The Morgan fingerprint density at radius 1 is 0.469 bits per heavy atom. The second kappa shape index (κ2) is 23.7. The average molecular weight is 535 g/mol. The van der Waals surface area contributed by atoms with Crippen LogP contribution < -0.4 is 0 Å². The first-order valence-corrected chi connectivity index (χ1v) is 17.7. The highest BCUT2D eigenvalue weighted by Gasteiger charge is 2.08. The van der Waals surface area contributed by atoms with E-state index in [0.717, 1.165) is 3.14 Å². The predicted molar refractivity (Wildman–Crippen MR) is 158 cm³/mol. The van der Waals surface area contributed by atoms with E-state index in [2.05, 4.69) is 37.4 Å². The van der Waals surface area contributed by atoms with Crippen molar-refractivity contribution in [3.8, 4) is 0 Å². The summed E-state index contributed by atoms with van der Waals surface area (Å²) in [5.74, 6) is 2.54. The van der Waals surface area contributed by atoms with Gasteiger partial charge in [-0.25, -0.2) is 0 Å². The molecule has 0 aliphatic rings. The molecule has 0 spiro atoms. The fourth-order valence-electron chi connectivity index (χ4n) is 3.94. The van der Waals surface area contributed by atoms with Crippen molar-refractivity contribution < 1.29 is 0 Å². The van der Waals surface area contributed by atoms with Gasteiger partial charge in [-0.15, -0.1) is 46.2 Å². The molecule has 1 aromatic rings. The molecule has 1 aromatic heterocycles. The van der Waals surface area contributed by atoms with Crippen LogP contribution in [-0.4, -0.2) is 11.5 Å². The molecule has 5 heteroatoms. The van der Waals surface area contributed by atoms with Gasteiger partial charge in [0.25, 0.3) is 0 Å². The Balaban J connectivity index is 2.00. The van der Waals surface area contributed by atoms with E-state index in [1.54, 1.807) is 0 Å². The van der Waals surface area contributed by atoms with Crippen molar-refractivity contribution in [2.24, 2.45) is 0 Å². The normalized spacial score (nSPS) is 11.4. The molecule has 0 amide bonds. The number of hydrogen-bond acceptors (Lipinski definition) is 5. The van der Waals surface area contributed by atoms with Crippen molar-refractivity contribution in [3.63, 3.8) is 0 Å². The van der Waals surface area contributed by atoms with Gasteiger partial charge in [0.1, 0.15) is 3.14 Å². The summed E-state index contributed by atoms with van der Waals surface area (Å²) in [6, 6.07) is 0. The van der Waals surface area contributed by atoms with Crippen LogP contribution in [0.25, 0.3) is 0 Å². The summed E-state index contributed by atoms with van der Waals surface area (Å²) in [6.07, 6.45) is 28.4. The summed E-state index contributed by atoms with van der Waals surface area (Å²) in [7, 11) is 0. The quantitative estimate of drug-likeness (QED) is 0.0735. The highest BCUT2D eigenvalue weighted by molar-refractivity contribution is 8.05. The minimum absolute atomic E-state index is 1.11. The molecule has 0 N–H and O–H groups in total. The molecule has 0 bridgehead atoms. The molecular weight excluding hydrogens is 485 g/mol. The molecule has 0 aliphatic carbocycles. The molecule has 1 rings (SSSR count). The minimum atomic E-state index is 1.11. The largest absolute Gasteiger partial charge is 0.145 e. The first kappa shape index (κ1) is 31.0. The molecule has 0 saturated heterocycles. The van der Waals surface area contributed by atoms with E-state index in [1.807, 2.05) is 22.7 Å². The SMILES string of the molecule is CCCCCCCCCCCCSc1sc(=S)sc1SCCCCCCCCCCCC. The summed E-state index contributed by atoms with van der Waals surface area (Å²) >= 11 is 13.4. The van der Waals surface area contributed by atoms with Crippen molar-refractivity contribution in [2.45, 2.75) is 151 Å². The van der Waals surface area contributed by atoms with E-state index in [-0.39, 0.29) is 0 Å². The molecule has 0 unspecified atom stereocenters. The predicted octanol–water partition coefficient (Wildman–Crippen LogP) is 12.6. The van der Waals surface area contributed by atoms with Crippen LogP contribution in [0, 0.1) is 3.14 Å². The van der Waals surface area contributed by atoms with Gasteiger partial charge in [0, 0.05) is 0 Å². The number of hydrogen-bond donors (Lipinski definition) is 0. The lowest BCUT2D eigenvalue weighted by Gasteiger charge is -2.04. The van der Waals surface area contributed by atoms with Gasteiger partial charge in [0.15, 0.2) is 0 Å². The zero-order chi connectivity index (χ0) is 23.1. The Morgan fingerprint density at radius 2 is 0.750 bits per heavy atom. The topological polar surface area (TPSA) is 0 Å². The molecule has 0 atom stereocenters. The third-order valence-corrected chi connectivity index (χ3v) is 11.7. The van der Waals surface area contributed by atoms with Crippen LogP contribution in [0.1, 0.15) is 142 Å². The Bertz CT molecular complexity index is 516. The zero-order valence-electron chi connectivity index (χ0n) is 21.1. The molecule has 1 heterocycles. The lowest BCUT2D eigenvalue weighted by Crippen LogP contribution is -1.85. The minimum Gasteiger partial charge on any atom is -0.113 e. The molecule has 0 nitrogen and oxygen atoms in total. The summed E-state index contributed by atoms with van der Waals surface area (Å²) in [4.78, 5) is 0. The maximum atomic E-state index is 5.51. The number of rotatable bonds is 24. The molecule has 0 saturated carbocycles. The van der Waals surface area contributed by atoms with Crippen LogP contribution in [0.3, 0.4) is 0 Å². The fraction of sp³-hybridized carbons (Fsp3) is 0.889. The lowest BCUT2D eigenvalue weighted by molar-refractivity contribution is 0.563. The number of thioether (sulfide) groups is 2. The molecule has 32 heavy (non-hydrogen) atoms. The second-order valence-corrected chi connectivity index (χ2v) is 15.0. The first-order valence-electron chi connectivity index (χ1n) is 13.7. The van der Waals surface area contributed by atoms with Gasteiger partial charge in [0.05, 0.1) is 8.42 Å². The Labute approximate surface area is 222 Å². The molecule has 0 radical (unpaired) electrons. The Hall–Kier alpha value is 0.970. The molecule has 0 aromatic carbocycles. The van der Waals surface area contributed by atoms with Crippen LogP contribution in [-0.2, 0) is 0 Å². The van der Waals surface area contributed by atoms with Crippen molar-refractivity contribution in [1.82, 2.24) is 0 Å². The van der Waals surface area contributed by atoms with Gasteiger partial charge in [-0.05, 0) is 24.3 Å². The third kappa shape index (κ3) is 18.3.